The van der Waals surface area contributed by atoms with Crippen LogP contribution in [0.15, 0.2) is 11.2 Å². The number of aryl methyl sites for hydroxylation is 1. The highest BCUT2D eigenvalue weighted by Crippen LogP contribution is 2.10. The van der Waals surface area contributed by atoms with E-state index in [-0.39, 0.29) is 5.75 Å². The van der Waals surface area contributed by atoms with Gasteiger partial charge in [0.1, 0.15) is 5.01 Å². The fourth-order valence-electron chi connectivity index (χ4n) is 1.35. The van der Waals surface area contributed by atoms with E-state index in [0.29, 0.717) is 25.6 Å². The zero-order valence-corrected chi connectivity index (χ0v) is 13.6. The minimum absolute atomic E-state index is 0.0867. The first-order valence-corrected chi connectivity index (χ1v) is 8.77. The summed E-state index contributed by atoms with van der Waals surface area (Å²) >= 11 is 1.63. The molecule has 0 radical (unpaired) electrons. The van der Waals surface area contributed by atoms with Gasteiger partial charge in [-0.15, -0.1) is 11.3 Å². The molecule has 0 unspecified atom stereocenters. The van der Waals surface area contributed by atoms with Crippen molar-refractivity contribution in [2.24, 2.45) is 4.99 Å². The van der Waals surface area contributed by atoms with Gasteiger partial charge in [0.15, 0.2) is 5.96 Å². The molecule has 0 fully saturated rings. The van der Waals surface area contributed by atoms with Gasteiger partial charge in [0.2, 0.25) is 10.0 Å². The van der Waals surface area contributed by atoms with Gasteiger partial charge in [0.25, 0.3) is 0 Å². The van der Waals surface area contributed by atoms with E-state index in [1.165, 1.54) is 4.88 Å². The number of sulfonamides is 1. The van der Waals surface area contributed by atoms with Crippen LogP contribution in [-0.2, 0) is 16.6 Å². The van der Waals surface area contributed by atoms with Crippen molar-refractivity contribution in [1.82, 2.24) is 20.3 Å². The monoisotopic (exact) mass is 319 g/mol. The lowest BCUT2D eigenvalue weighted by molar-refractivity contribution is 0.582. The quantitative estimate of drug-likeness (QED) is 0.375. The first kappa shape index (κ1) is 16.9. The Bertz CT molecular complexity index is 539. The van der Waals surface area contributed by atoms with Crippen LogP contribution in [0, 0.1) is 6.92 Å². The second-order valence-electron chi connectivity index (χ2n) is 4.01. The number of thiazole rings is 1. The van der Waals surface area contributed by atoms with Gasteiger partial charge < -0.3 is 10.6 Å². The molecule has 114 valence electrons. The van der Waals surface area contributed by atoms with Crippen molar-refractivity contribution < 1.29 is 8.42 Å². The van der Waals surface area contributed by atoms with E-state index in [2.05, 4.69) is 25.3 Å². The largest absolute Gasteiger partial charge is 0.355 e. The minimum Gasteiger partial charge on any atom is -0.355 e. The Labute approximate surface area is 124 Å². The molecule has 1 aromatic rings. The van der Waals surface area contributed by atoms with Gasteiger partial charge >= 0.3 is 0 Å². The number of rotatable bonds is 7. The number of aromatic nitrogens is 1. The Morgan fingerprint density at radius 3 is 2.70 bits per heavy atom. The zero-order chi connectivity index (χ0) is 15.0. The van der Waals surface area contributed by atoms with E-state index in [1.807, 2.05) is 13.1 Å². The van der Waals surface area contributed by atoms with Crippen molar-refractivity contribution in [3.05, 3.63) is 16.1 Å². The Balaban J connectivity index is 2.27. The van der Waals surface area contributed by atoms with Crippen LogP contribution < -0.4 is 15.4 Å². The molecule has 7 nitrogen and oxygen atoms in total. The number of nitrogens with one attached hydrogen (secondary N) is 3. The molecule has 0 bridgehead atoms. The van der Waals surface area contributed by atoms with Crippen molar-refractivity contribution in [3.63, 3.8) is 0 Å². The third-order valence-electron chi connectivity index (χ3n) is 2.42. The molecule has 0 saturated carbocycles. The van der Waals surface area contributed by atoms with Crippen LogP contribution in [0.3, 0.4) is 0 Å². The maximum Gasteiger partial charge on any atom is 0.211 e. The van der Waals surface area contributed by atoms with E-state index in [1.54, 1.807) is 25.3 Å². The van der Waals surface area contributed by atoms with Crippen molar-refractivity contribution in [2.75, 3.05) is 25.9 Å². The van der Waals surface area contributed by atoms with Gasteiger partial charge in [-0.1, -0.05) is 0 Å². The first-order valence-electron chi connectivity index (χ1n) is 6.30. The summed E-state index contributed by atoms with van der Waals surface area (Å²) in [4.78, 5) is 9.47. The summed E-state index contributed by atoms with van der Waals surface area (Å²) in [6.45, 7) is 5.00. The van der Waals surface area contributed by atoms with Crippen LogP contribution in [0.25, 0.3) is 0 Å². The third kappa shape index (κ3) is 6.31. The summed E-state index contributed by atoms with van der Waals surface area (Å²) in [7, 11) is -1.47. The summed E-state index contributed by atoms with van der Waals surface area (Å²) in [5.41, 5.74) is 0. The fourth-order valence-corrected chi connectivity index (χ4v) is 2.70. The molecular weight excluding hydrogens is 298 g/mol. The van der Waals surface area contributed by atoms with Crippen molar-refractivity contribution in [3.8, 4) is 0 Å². The Morgan fingerprint density at radius 1 is 1.40 bits per heavy atom. The van der Waals surface area contributed by atoms with Gasteiger partial charge in [-0.3, -0.25) is 4.99 Å². The number of guanidine groups is 1. The minimum atomic E-state index is -3.14. The molecule has 1 aromatic heterocycles. The second kappa shape index (κ2) is 8.18. The summed E-state index contributed by atoms with van der Waals surface area (Å²) in [5, 5.41) is 7.14. The maximum atomic E-state index is 11.2. The molecule has 0 amide bonds. The summed E-state index contributed by atoms with van der Waals surface area (Å²) < 4.78 is 25.0. The normalized spacial score (nSPS) is 12.4. The van der Waals surface area contributed by atoms with E-state index in [0.717, 1.165) is 5.01 Å². The molecule has 0 aliphatic heterocycles. The average Bonchev–Trinajstić information content (AvgIpc) is 2.84. The van der Waals surface area contributed by atoms with Crippen LogP contribution in [0.1, 0.15) is 16.8 Å². The lowest BCUT2D eigenvalue weighted by Gasteiger charge is -2.11. The molecule has 0 aliphatic carbocycles. The molecule has 9 heteroatoms. The number of nitrogens with zero attached hydrogens (tertiary/aromatic N) is 2. The highest BCUT2D eigenvalue weighted by atomic mass is 32.2. The Morgan fingerprint density at radius 2 is 2.15 bits per heavy atom. The smallest absolute Gasteiger partial charge is 0.211 e. The zero-order valence-electron chi connectivity index (χ0n) is 11.9. The molecule has 0 atom stereocenters. The second-order valence-corrected chi connectivity index (χ2v) is 7.43. The van der Waals surface area contributed by atoms with E-state index < -0.39 is 10.0 Å². The number of aliphatic imine (C=N–C) groups is 1. The van der Waals surface area contributed by atoms with Gasteiger partial charge in [-0.25, -0.2) is 18.1 Å². The molecule has 0 spiro atoms. The molecule has 1 heterocycles. The van der Waals surface area contributed by atoms with Crippen molar-refractivity contribution in [2.45, 2.75) is 20.4 Å². The Kier molecular flexibility index (Phi) is 6.89. The topological polar surface area (TPSA) is 95.5 Å². The molecule has 20 heavy (non-hydrogen) atoms. The molecule has 0 aliphatic rings. The van der Waals surface area contributed by atoms with Gasteiger partial charge in [0.05, 0.1) is 12.3 Å². The van der Waals surface area contributed by atoms with Gasteiger partial charge in [-0.05, 0) is 13.8 Å². The highest BCUT2D eigenvalue weighted by Gasteiger charge is 2.05. The van der Waals surface area contributed by atoms with Gasteiger partial charge in [0, 0.05) is 31.2 Å². The third-order valence-corrected chi connectivity index (χ3v) is 4.74. The number of hydrogen-bond acceptors (Lipinski definition) is 5. The standard InChI is InChI=1S/C11H21N5O2S2/c1-4-20(17,18)16-6-5-13-11(12-3)15-8-10-14-7-9(2)19-10/h7,16H,4-6,8H2,1-3H3,(H2,12,13,15). The average molecular weight is 319 g/mol. The lowest BCUT2D eigenvalue weighted by Crippen LogP contribution is -2.41. The van der Waals surface area contributed by atoms with E-state index in [4.69, 9.17) is 0 Å². The molecule has 3 N–H and O–H groups in total. The van der Waals surface area contributed by atoms with Crippen LogP contribution >= 0.6 is 11.3 Å². The number of hydrogen-bond donors (Lipinski definition) is 3. The molecule has 0 aromatic carbocycles. The summed E-state index contributed by atoms with van der Waals surface area (Å²) in [6, 6.07) is 0. The fraction of sp³-hybridized carbons (Fsp3) is 0.636. The lowest BCUT2D eigenvalue weighted by atomic mass is 10.6. The Hall–Kier alpha value is -1.19. The first-order chi connectivity index (χ1) is 9.46. The van der Waals surface area contributed by atoms with Gasteiger partial charge in [-0.2, -0.15) is 0 Å². The highest BCUT2D eigenvalue weighted by molar-refractivity contribution is 7.89. The predicted octanol–water partition coefficient (Wildman–Crippen LogP) is 0.0558. The van der Waals surface area contributed by atoms with Crippen molar-refractivity contribution in [1.29, 1.82) is 0 Å². The maximum absolute atomic E-state index is 11.2. The predicted molar refractivity (Wildman–Crippen MR) is 82.5 cm³/mol. The SMILES string of the molecule is CCS(=O)(=O)NCCNC(=NC)NCc1ncc(C)s1. The van der Waals surface area contributed by atoms with Crippen LogP contribution in [0.4, 0.5) is 0 Å². The van der Waals surface area contributed by atoms with Crippen LogP contribution in [0.5, 0.6) is 0 Å². The summed E-state index contributed by atoms with van der Waals surface area (Å²) in [5.74, 6) is 0.706. The molecule has 1 rings (SSSR count). The van der Waals surface area contributed by atoms with E-state index in [9.17, 15) is 8.42 Å². The summed E-state index contributed by atoms with van der Waals surface area (Å²) in [6.07, 6.45) is 1.83. The van der Waals surface area contributed by atoms with Crippen LogP contribution in [0.2, 0.25) is 0 Å². The van der Waals surface area contributed by atoms with Crippen molar-refractivity contribution >= 4 is 27.3 Å². The van der Waals surface area contributed by atoms with Crippen LogP contribution in [-0.4, -0.2) is 45.3 Å². The molecule has 0 saturated heterocycles. The van der Waals surface area contributed by atoms with E-state index >= 15 is 0 Å². The molecular formula is C11H21N5O2S2.